The number of nitrogens with one attached hydrogen (secondary N) is 2. The van der Waals surface area contributed by atoms with E-state index in [-0.39, 0.29) is 21.0 Å². The number of thiophene rings is 1. The topological polar surface area (TPSA) is 113 Å². The van der Waals surface area contributed by atoms with Crippen molar-refractivity contribution in [1.82, 2.24) is 0 Å². The van der Waals surface area contributed by atoms with E-state index in [1.165, 1.54) is 23.6 Å². The molecule has 0 aliphatic rings. The number of anilines is 2. The first kappa shape index (κ1) is 19.6. The monoisotopic (exact) mass is 416 g/mol. The van der Waals surface area contributed by atoms with Crippen molar-refractivity contribution in [2.24, 2.45) is 0 Å². The van der Waals surface area contributed by atoms with Crippen molar-refractivity contribution in [3.63, 3.8) is 0 Å². The van der Waals surface area contributed by atoms with Gasteiger partial charge in [0.2, 0.25) is 0 Å². The zero-order valence-corrected chi connectivity index (χ0v) is 16.3. The maximum absolute atomic E-state index is 12.6. The van der Waals surface area contributed by atoms with E-state index in [0.717, 1.165) is 16.9 Å². The van der Waals surface area contributed by atoms with E-state index < -0.39 is 21.9 Å². The van der Waals surface area contributed by atoms with Gasteiger partial charge < -0.3 is 10.4 Å². The fourth-order valence-electron chi connectivity index (χ4n) is 2.43. The predicted octanol–water partition coefficient (Wildman–Crippen LogP) is 3.81. The van der Waals surface area contributed by atoms with Crippen LogP contribution in [0.2, 0.25) is 0 Å². The van der Waals surface area contributed by atoms with Gasteiger partial charge in [0.15, 0.2) is 0 Å². The maximum atomic E-state index is 12.6. The minimum atomic E-state index is -3.86. The molecule has 0 saturated carbocycles. The molecule has 0 unspecified atom stereocenters. The fraction of sp³-hybridized carbons (Fsp3) is 0.0526. The summed E-state index contributed by atoms with van der Waals surface area (Å²) in [5.74, 6) is -1.76. The van der Waals surface area contributed by atoms with Gasteiger partial charge in [0, 0.05) is 5.38 Å². The minimum absolute atomic E-state index is 0.0441. The molecule has 1 aromatic heterocycles. The second kappa shape index (κ2) is 7.83. The van der Waals surface area contributed by atoms with Crippen molar-refractivity contribution in [3.8, 4) is 0 Å². The molecule has 9 heteroatoms. The third-order valence-electron chi connectivity index (χ3n) is 3.90. The number of carbonyl (C=O) groups excluding carboxylic acids is 1. The Labute approximate surface area is 165 Å². The molecule has 7 nitrogen and oxygen atoms in total. The Balaban J connectivity index is 1.81. The molecule has 1 heterocycles. The van der Waals surface area contributed by atoms with E-state index in [2.05, 4.69) is 10.0 Å². The number of carbonyl (C=O) groups is 2. The molecule has 28 heavy (non-hydrogen) atoms. The van der Waals surface area contributed by atoms with E-state index in [9.17, 15) is 23.1 Å². The molecule has 0 bridgehead atoms. The summed E-state index contributed by atoms with van der Waals surface area (Å²) < 4.78 is 27.7. The van der Waals surface area contributed by atoms with Crippen molar-refractivity contribution in [2.75, 3.05) is 10.0 Å². The number of hydrogen-bond donors (Lipinski definition) is 3. The number of aryl methyl sites for hydroxylation is 1. The van der Waals surface area contributed by atoms with Gasteiger partial charge in [-0.2, -0.15) is 0 Å². The van der Waals surface area contributed by atoms with Gasteiger partial charge in [-0.3, -0.25) is 9.52 Å². The summed E-state index contributed by atoms with van der Waals surface area (Å²) in [6, 6.07) is 14.2. The van der Waals surface area contributed by atoms with Crippen molar-refractivity contribution in [2.45, 2.75) is 11.8 Å². The number of carboxylic acid groups (broad SMARTS) is 1. The summed E-state index contributed by atoms with van der Waals surface area (Å²) in [5.41, 5.74) is 1.30. The van der Waals surface area contributed by atoms with Gasteiger partial charge >= 0.3 is 5.97 Å². The average molecular weight is 416 g/mol. The van der Waals surface area contributed by atoms with Crippen LogP contribution in [-0.2, 0) is 10.0 Å². The Morgan fingerprint density at radius 1 is 1.00 bits per heavy atom. The van der Waals surface area contributed by atoms with Gasteiger partial charge in [0.25, 0.3) is 15.9 Å². The minimum Gasteiger partial charge on any atom is -0.478 e. The van der Waals surface area contributed by atoms with Gasteiger partial charge in [-0.05, 0) is 36.8 Å². The Morgan fingerprint density at radius 3 is 2.32 bits per heavy atom. The molecule has 144 valence electrons. The number of rotatable bonds is 6. The molecule has 0 aliphatic heterocycles. The Hall–Kier alpha value is -3.17. The second-order valence-corrected chi connectivity index (χ2v) is 8.47. The lowest BCUT2D eigenvalue weighted by atomic mass is 10.2. The molecule has 0 fully saturated rings. The van der Waals surface area contributed by atoms with Crippen molar-refractivity contribution < 1.29 is 23.1 Å². The fourth-order valence-corrected chi connectivity index (χ4v) is 4.73. The molecule has 0 spiro atoms. The van der Waals surface area contributed by atoms with Crippen LogP contribution in [0.15, 0.2) is 64.9 Å². The van der Waals surface area contributed by atoms with E-state index in [1.807, 2.05) is 0 Å². The van der Waals surface area contributed by atoms with Crippen LogP contribution in [0.5, 0.6) is 0 Å². The van der Waals surface area contributed by atoms with Gasteiger partial charge in [0.05, 0.1) is 26.7 Å². The number of amides is 1. The molecular formula is C19H16N2O5S2. The van der Waals surface area contributed by atoms with Crippen LogP contribution >= 0.6 is 11.3 Å². The van der Waals surface area contributed by atoms with Crippen LogP contribution in [-0.4, -0.2) is 25.4 Å². The molecule has 3 N–H and O–H groups in total. The normalized spacial score (nSPS) is 11.0. The molecule has 2 aromatic carbocycles. The lowest BCUT2D eigenvalue weighted by molar-refractivity contribution is 0.0698. The highest BCUT2D eigenvalue weighted by molar-refractivity contribution is 7.92. The predicted molar refractivity (Wildman–Crippen MR) is 108 cm³/mol. The number of hydrogen-bond acceptors (Lipinski definition) is 5. The molecular weight excluding hydrogens is 400 g/mol. The molecule has 3 aromatic rings. The zero-order chi connectivity index (χ0) is 20.3. The van der Waals surface area contributed by atoms with E-state index in [4.69, 9.17) is 0 Å². The van der Waals surface area contributed by atoms with Crippen molar-refractivity contribution in [3.05, 3.63) is 76.0 Å². The Kier molecular flexibility index (Phi) is 5.48. The Bertz CT molecular complexity index is 1150. The third-order valence-corrected chi connectivity index (χ3v) is 6.33. The molecule has 0 aliphatic carbocycles. The quantitative estimate of drug-likeness (QED) is 0.566. The first-order chi connectivity index (χ1) is 13.3. The van der Waals surface area contributed by atoms with Crippen LogP contribution in [0.3, 0.4) is 0 Å². The molecule has 0 radical (unpaired) electrons. The largest absolute Gasteiger partial charge is 0.478 e. The standard InChI is InChI=1S/C19H16N2O5S2/c1-12-6-2-4-8-15(12)21-28(25,26)13-10-17(27-11-13)18(22)20-16-9-5-3-7-14(16)19(23)24/h2-11,21H,1H3,(H,20,22)(H,23,24). The summed E-state index contributed by atoms with van der Waals surface area (Å²) in [6.07, 6.45) is 0. The van der Waals surface area contributed by atoms with Gasteiger partial charge in [-0.1, -0.05) is 30.3 Å². The van der Waals surface area contributed by atoms with Crippen molar-refractivity contribution in [1.29, 1.82) is 0 Å². The molecule has 0 saturated heterocycles. The summed E-state index contributed by atoms with van der Waals surface area (Å²) >= 11 is 0.954. The zero-order valence-electron chi connectivity index (χ0n) is 14.7. The molecule has 0 atom stereocenters. The smallest absolute Gasteiger partial charge is 0.337 e. The first-order valence-corrected chi connectivity index (χ1v) is 10.4. The van der Waals surface area contributed by atoms with Gasteiger partial charge in [0.1, 0.15) is 0 Å². The highest BCUT2D eigenvalue weighted by Gasteiger charge is 2.20. The summed E-state index contributed by atoms with van der Waals surface area (Å²) in [5, 5.41) is 13.1. The van der Waals surface area contributed by atoms with Gasteiger partial charge in [-0.15, -0.1) is 11.3 Å². The van der Waals surface area contributed by atoms with E-state index >= 15 is 0 Å². The number of carboxylic acids is 1. The SMILES string of the molecule is Cc1ccccc1NS(=O)(=O)c1csc(C(=O)Nc2ccccc2C(=O)O)c1. The van der Waals surface area contributed by atoms with Crippen molar-refractivity contribution >= 4 is 44.6 Å². The van der Waals surface area contributed by atoms with Crippen LogP contribution in [0.1, 0.15) is 25.6 Å². The third kappa shape index (κ3) is 4.21. The summed E-state index contributed by atoms with van der Waals surface area (Å²) in [7, 11) is -3.86. The van der Waals surface area contributed by atoms with E-state index in [0.29, 0.717) is 5.69 Å². The average Bonchev–Trinajstić information content (AvgIpc) is 3.15. The number of aromatic carboxylic acids is 1. The maximum Gasteiger partial charge on any atom is 0.337 e. The first-order valence-electron chi connectivity index (χ1n) is 8.08. The number of para-hydroxylation sites is 2. The highest BCUT2D eigenvalue weighted by atomic mass is 32.2. The van der Waals surface area contributed by atoms with E-state index in [1.54, 1.807) is 43.3 Å². The lowest BCUT2D eigenvalue weighted by Gasteiger charge is -2.09. The molecule has 3 rings (SSSR count). The second-order valence-electron chi connectivity index (χ2n) is 5.87. The van der Waals surface area contributed by atoms with Crippen LogP contribution in [0, 0.1) is 6.92 Å². The van der Waals surface area contributed by atoms with Crippen LogP contribution in [0.4, 0.5) is 11.4 Å². The van der Waals surface area contributed by atoms with Gasteiger partial charge in [-0.25, -0.2) is 13.2 Å². The highest BCUT2D eigenvalue weighted by Crippen LogP contribution is 2.25. The summed E-state index contributed by atoms with van der Waals surface area (Å²) in [6.45, 7) is 1.78. The molecule has 1 amide bonds. The number of sulfonamides is 1. The lowest BCUT2D eigenvalue weighted by Crippen LogP contribution is -2.14. The summed E-state index contributed by atoms with van der Waals surface area (Å²) in [4.78, 5) is 23.8. The van der Waals surface area contributed by atoms with Crippen LogP contribution in [0.25, 0.3) is 0 Å². The number of benzene rings is 2. The van der Waals surface area contributed by atoms with Crippen LogP contribution < -0.4 is 10.0 Å². The Morgan fingerprint density at radius 2 is 1.64 bits per heavy atom.